The molecule has 0 aliphatic carbocycles. The predicted molar refractivity (Wildman–Crippen MR) is 89.3 cm³/mol. The van der Waals surface area contributed by atoms with E-state index in [0.717, 1.165) is 18.7 Å². The molecular formula is C15H14N6OS. The van der Waals surface area contributed by atoms with E-state index in [9.17, 15) is 4.79 Å². The minimum absolute atomic E-state index is 0.0689. The van der Waals surface area contributed by atoms with Crippen LogP contribution in [0.5, 0.6) is 0 Å². The van der Waals surface area contributed by atoms with Gasteiger partial charge < -0.3 is 15.6 Å². The molecule has 0 saturated carbocycles. The Morgan fingerprint density at radius 2 is 2.22 bits per heavy atom. The van der Waals surface area contributed by atoms with Gasteiger partial charge in [0.15, 0.2) is 16.6 Å². The van der Waals surface area contributed by atoms with Gasteiger partial charge in [-0.1, -0.05) is 30.0 Å². The number of anilines is 2. The summed E-state index contributed by atoms with van der Waals surface area (Å²) in [5.74, 6) is 0.732. The largest absolute Gasteiger partial charge is 0.382 e. The van der Waals surface area contributed by atoms with E-state index in [1.807, 2.05) is 23.1 Å². The molecule has 1 aromatic carbocycles. The van der Waals surface area contributed by atoms with Crippen molar-refractivity contribution in [2.45, 2.75) is 11.6 Å². The van der Waals surface area contributed by atoms with E-state index in [2.05, 4.69) is 26.0 Å². The fourth-order valence-electron chi connectivity index (χ4n) is 2.70. The second-order valence-electron chi connectivity index (χ2n) is 5.21. The first kappa shape index (κ1) is 14.0. The molecule has 2 aromatic heterocycles. The number of nitrogens with zero attached hydrogens (tertiary/aromatic N) is 4. The number of para-hydroxylation sites is 1. The third-order valence-electron chi connectivity index (χ3n) is 3.82. The number of nitrogen functional groups attached to an aromatic ring is 1. The van der Waals surface area contributed by atoms with Crippen molar-refractivity contribution in [3.05, 3.63) is 36.2 Å². The average Bonchev–Trinajstić information content (AvgIpc) is 3.17. The number of H-pyrrole nitrogens is 1. The molecule has 0 bridgehead atoms. The van der Waals surface area contributed by atoms with Crippen molar-refractivity contribution in [2.24, 2.45) is 0 Å². The fourth-order valence-corrected chi connectivity index (χ4v) is 3.44. The summed E-state index contributed by atoms with van der Waals surface area (Å²) in [5.41, 5.74) is 9.12. The molecular weight excluding hydrogens is 312 g/mol. The maximum atomic E-state index is 12.5. The summed E-state index contributed by atoms with van der Waals surface area (Å²) in [6.45, 7) is 0.733. The summed E-state index contributed by atoms with van der Waals surface area (Å²) in [5, 5.41) is 0.619. The van der Waals surface area contributed by atoms with Gasteiger partial charge >= 0.3 is 0 Å². The first-order valence-corrected chi connectivity index (χ1v) is 8.18. The van der Waals surface area contributed by atoms with Crippen LogP contribution in [0.1, 0.15) is 5.56 Å². The number of amides is 1. The third-order valence-corrected chi connectivity index (χ3v) is 4.67. The molecule has 0 spiro atoms. The van der Waals surface area contributed by atoms with Crippen molar-refractivity contribution < 1.29 is 4.79 Å². The Labute approximate surface area is 136 Å². The first-order chi connectivity index (χ1) is 11.2. The molecule has 3 N–H and O–H groups in total. The van der Waals surface area contributed by atoms with Crippen LogP contribution in [0.25, 0.3) is 11.2 Å². The number of hydrogen-bond donors (Lipinski definition) is 2. The minimum atomic E-state index is 0.0689. The van der Waals surface area contributed by atoms with Gasteiger partial charge in [0.1, 0.15) is 11.8 Å². The highest BCUT2D eigenvalue weighted by atomic mass is 32.2. The van der Waals surface area contributed by atoms with Crippen molar-refractivity contribution in [1.82, 2.24) is 19.9 Å². The standard InChI is InChI=1S/C15H14N6OS/c16-13-12-14(18-8-17-13)20-15(19-12)23-7-11(22)21-6-5-9-3-1-2-4-10(9)21/h1-4,8H,5-7H2,(H3,16,17,18,19,20). The summed E-state index contributed by atoms with van der Waals surface area (Å²) in [4.78, 5) is 29.7. The number of fused-ring (bicyclic) bond motifs is 2. The topological polar surface area (TPSA) is 101 Å². The highest BCUT2D eigenvalue weighted by Gasteiger charge is 2.24. The summed E-state index contributed by atoms with van der Waals surface area (Å²) in [7, 11) is 0. The number of carbonyl (C=O) groups is 1. The van der Waals surface area contributed by atoms with Crippen LogP contribution in [0.15, 0.2) is 35.7 Å². The van der Waals surface area contributed by atoms with E-state index in [-0.39, 0.29) is 5.91 Å². The molecule has 0 unspecified atom stereocenters. The number of carbonyl (C=O) groups excluding carboxylic acids is 1. The number of rotatable bonds is 3. The van der Waals surface area contributed by atoms with Crippen LogP contribution < -0.4 is 10.6 Å². The molecule has 8 heteroatoms. The smallest absolute Gasteiger partial charge is 0.237 e. The van der Waals surface area contributed by atoms with Gasteiger partial charge in [0.2, 0.25) is 5.91 Å². The SMILES string of the molecule is Nc1ncnc2nc(SCC(=O)N3CCc4ccccc43)[nH]c12. The van der Waals surface area contributed by atoms with Gasteiger partial charge in [0.25, 0.3) is 0 Å². The number of hydrogen-bond acceptors (Lipinski definition) is 6. The van der Waals surface area contributed by atoms with E-state index in [4.69, 9.17) is 5.73 Å². The maximum absolute atomic E-state index is 12.5. The maximum Gasteiger partial charge on any atom is 0.237 e. The second kappa shape index (κ2) is 5.54. The van der Waals surface area contributed by atoms with Crippen LogP contribution in [0, 0.1) is 0 Å². The van der Waals surface area contributed by atoms with Crippen molar-refractivity contribution in [3.8, 4) is 0 Å². The summed E-state index contributed by atoms with van der Waals surface area (Å²) in [6.07, 6.45) is 2.28. The molecule has 3 heterocycles. The zero-order valence-corrected chi connectivity index (χ0v) is 13.0. The highest BCUT2D eigenvalue weighted by Crippen LogP contribution is 2.29. The molecule has 3 aromatic rings. The van der Waals surface area contributed by atoms with Crippen LogP contribution >= 0.6 is 11.8 Å². The van der Waals surface area contributed by atoms with Crippen LogP contribution in [0.2, 0.25) is 0 Å². The number of benzene rings is 1. The van der Waals surface area contributed by atoms with Crippen molar-refractivity contribution in [1.29, 1.82) is 0 Å². The molecule has 1 amide bonds. The van der Waals surface area contributed by atoms with E-state index in [1.165, 1.54) is 23.7 Å². The molecule has 4 rings (SSSR count). The number of thioether (sulfide) groups is 1. The van der Waals surface area contributed by atoms with Gasteiger partial charge in [0.05, 0.1) is 5.75 Å². The normalized spacial score (nSPS) is 13.5. The Morgan fingerprint density at radius 3 is 3.09 bits per heavy atom. The third kappa shape index (κ3) is 2.50. The zero-order valence-electron chi connectivity index (χ0n) is 12.2. The lowest BCUT2D eigenvalue weighted by Crippen LogP contribution is -2.30. The van der Waals surface area contributed by atoms with Crippen molar-refractivity contribution >= 4 is 40.3 Å². The lowest BCUT2D eigenvalue weighted by atomic mass is 10.2. The molecule has 0 atom stereocenters. The Balaban J connectivity index is 1.48. The van der Waals surface area contributed by atoms with Crippen molar-refractivity contribution in [3.63, 3.8) is 0 Å². The average molecular weight is 326 g/mol. The Hall–Kier alpha value is -2.61. The lowest BCUT2D eigenvalue weighted by Gasteiger charge is -2.16. The van der Waals surface area contributed by atoms with E-state index in [1.54, 1.807) is 0 Å². The number of nitrogens with two attached hydrogens (primary N) is 1. The predicted octanol–water partition coefficient (Wildman–Crippen LogP) is 1.62. The van der Waals surface area contributed by atoms with Gasteiger partial charge in [-0.15, -0.1) is 0 Å². The minimum Gasteiger partial charge on any atom is -0.382 e. The molecule has 0 radical (unpaired) electrons. The molecule has 23 heavy (non-hydrogen) atoms. The number of aromatic amines is 1. The van der Waals surface area contributed by atoms with Gasteiger partial charge in [-0.25, -0.2) is 15.0 Å². The Bertz CT molecular complexity index is 893. The molecule has 0 saturated heterocycles. The fraction of sp³-hybridized carbons (Fsp3) is 0.200. The molecule has 0 fully saturated rings. The Kier molecular flexibility index (Phi) is 3.38. The highest BCUT2D eigenvalue weighted by molar-refractivity contribution is 7.99. The monoisotopic (exact) mass is 326 g/mol. The molecule has 7 nitrogen and oxygen atoms in total. The Morgan fingerprint density at radius 1 is 1.35 bits per heavy atom. The van der Waals surface area contributed by atoms with Crippen LogP contribution in [-0.2, 0) is 11.2 Å². The van der Waals surface area contributed by atoms with E-state index < -0.39 is 0 Å². The number of aromatic nitrogens is 4. The lowest BCUT2D eigenvalue weighted by molar-refractivity contribution is -0.116. The van der Waals surface area contributed by atoms with E-state index in [0.29, 0.717) is 27.9 Å². The number of imidazole rings is 1. The molecule has 116 valence electrons. The van der Waals surface area contributed by atoms with Crippen LogP contribution in [0.3, 0.4) is 0 Å². The zero-order chi connectivity index (χ0) is 15.8. The van der Waals surface area contributed by atoms with Crippen LogP contribution in [-0.4, -0.2) is 38.1 Å². The van der Waals surface area contributed by atoms with Crippen LogP contribution in [0.4, 0.5) is 11.5 Å². The summed E-state index contributed by atoms with van der Waals surface area (Å²) < 4.78 is 0. The summed E-state index contributed by atoms with van der Waals surface area (Å²) >= 11 is 1.34. The number of nitrogens with one attached hydrogen (secondary N) is 1. The van der Waals surface area contributed by atoms with E-state index >= 15 is 0 Å². The van der Waals surface area contributed by atoms with Gasteiger partial charge in [0, 0.05) is 12.2 Å². The first-order valence-electron chi connectivity index (χ1n) is 7.19. The van der Waals surface area contributed by atoms with Gasteiger partial charge in [-0.2, -0.15) is 0 Å². The van der Waals surface area contributed by atoms with Gasteiger partial charge in [-0.05, 0) is 18.1 Å². The quantitative estimate of drug-likeness (QED) is 0.709. The van der Waals surface area contributed by atoms with Gasteiger partial charge in [-0.3, -0.25) is 4.79 Å². The summed E-state index contributed by atoms with van der Waals surface area (Å²) in [6, 6.07) is 8.01. The molecule has 1 aliphatic heterocycles. The second-order valence-corrected chi connectivity index (χ2v) is 6.18. The van der Waals surface area contributed by atoms with Crippen molar-refractivity contribution in [2.75, 3.05) is 22.9 Å². The molecule has 1 aliphatic rings.